The molecule has 302 valence electrons. The highest BCUT2D eigenvalue weighted by molar-refractivity contribution is 6.13. The van der Waals surface area contributed by atoms with Crippen molar-refractivity contribution >= 4 is 21.9 Å². The van der Waals surface area contributed by atoms with E-state index in [4.69, 9.17) is 19.4 Å². The Balaban J connectivity index is 0.988. The van der Waals surface area contributed by atoms with Crippen molar-refractivity contribution in [1.82, 2.24) is 15.0 Å². The fraction of sp³-hybridized carbons (Fsp3) is 0.0500. The number of furan rings is 1. The molecule has 2 heterocycles. The molecule has 0 saturated carbocycles. The van der Waals surface area contributed by atoms with Crippen LogP contribution in [0.15, 0.2) is 217 Å². The Hall–Kier alpha value is -8.21. The first kappa shape index (κ1) is 37.5. The zero-order valence-electron chi connectivity index (χ0n) is 35.5. The Labute approximate surface area is 372 Å². The molecule has 11 aromatic rings. The minimum Gasteiger partial charge on any atom is -0.456 e. The summed E-state index contributed by atoms with van der Waals surface area (Å²) in [6.45, 7) is 4.65. The van der Waals surface area contributed by atoms with Gasteiger partial charge in [-0.05, 0) is 109 Å². The molecule has 0 bridgehead atoms. The first-order valence-electron chi connectivity index (χ1n) is 21.8. The number of hydrogen-bond acceptors (Lipinski definition) is 4. The van der Waals surface area contributed by atoms with Gasteiger partial charge in [-0.15, -0.1) is 0 Å². The Kier molecular flexibility index (Phi) is 8.80. The fourth-order valence-corrected chi connectivity index (χ4v) is 9.66. The van der Waals surface area contributed by atoms with E-state index < -0.39 is 0 Å². The second kappa shape index (κ2) is 15.0. The molecule has 64 heavy (non-hydrogen) atoms. The van der Waals surface area contributed by atoms with Gasteiger partial charge in [0, 0.05) is 32.9 Å². The molecule has 4 nitrogen and oxygen atoms in total. The Morgan fingerprint density at radius 2 is 0.766 bits per heavy atom. The van der Waals surface area contributed by atoms with Gasteiger partial charge in [-0.2, -0.15) is 0 Å². The second-order valence-electron chi connectivity index (χ2n) is 17.2. The van der Waals surface area contributed by atoms with Crippen LogP contribution in [-0.2, 0) is 5.41 Å². The van der Waals surface area contributed by atoms with Crippen LogP contribution in [0.25, 0.3) is 112 Å². The largest absolute Gasteiger partial charge is 0.456 e. The van der Waals surface area contributed by atoms with E-state index in [2.05, 4.69) is 202 Å². The quantitative estimate of drug-likeness (QED) is 0.161. The van der Waals surface area contributed by atoms with Gasteiger partial charge in [0.05, 0.1) is 0 Å². The average molecular weight is 820 g/mol. The van der Waals surface area contributed by atoms with Crippen molar-refractivity contribution in [3.8, 4) is 89.8 Å². The van der Waals surface area contributed by atoms with Crippen LogP contribution in [0.5, 0.6) is 0 Å². The maximum absolute atomic E-state index is 6.57. The lowest BCUT2D eigenvalue weighted by Gasteiger charge is -2.21. The van der Waals surface area contributed by atoms with Crippen LogP contribution in [0.3, 0.4) is 0 Å². The molecule has 0 saturated heterocycles. The number of hydrogen-bond donors (Lipinski definition) is 0. The molecule has 1 aliphatic carbocycles. The van der Waals surface area contributed by atoms with Gasteiger partial charge in [-0.25, -0.2) is 15.0 Å². The molecule has 0 spiro atoms. The van der Waals surface area contributed by atoms with Crippen molar-refractivity contribution < 1.29 is 4.42 Å². The molecule has 0 N–H and O–H groups in total. The second-order valence-corrected chi connectivity index (χ2v) is 17.2. The third-order valence-electron chi connectivity index (χ3n) is 12.9. The minimum atomic E-state index is -0.0285. The van der Waals surface area contributed by atoms with Crippen molar-refractivity contribution in [3.05, 3.63) is 223 Å². The zero-order chi connectivity index (χ0) is 42.8. The van der Waals surface area contributed by atoms with Gasteiger partial charge < -0.3 is 4.42 Å². The third-order valence-corrected chi connectivity index (χ3v) is 12.9. The van der Waals surface area contributed by atoms with Gasteiger partial charge in [0.25, 0.3) is 0 Å². The summed E-state index contributed by atoms with van der Waals surface area (Å²) in [5, 5.41) is 1.97. The normalized spacial score (nSPS) is 12.7. The molecule has 1 aliphatic rings. The number of fused-ring (bicyclic) bond motifs is 6. The monoisotopic (exact) mass is 819 g/mol. The van der Waals surface area contributed by atoms with Gasteiger partial charge in [-0.1, -0.05) is 184 Å². The summed E-state index contributed by atoms with van der Waals surface area (Å²) in [5.41, 5.74) is 18.7. The lowest BCUT2D eigenvalue weighted by atomic mass is 9.82. The van der Waals surface area contributed by atoms with Crippen molar-refractivity contribution in [2.45, 2.75) is 19.3 Å². The van der Waals surface area contributed by atoms with Crippen LogP contribution < -0.4 is 0 Å². The Morgan fingerprint density at radius 1 is 0.312 bits per heavy atom. The molecule has 4 heteroatoms. The van der Waals surface area contributed by atoms with Crippen LogP contribution in [0, 0.1) is 0 Å². The highest BCUT2D eigenvalue weighted by atomic mass is 16.3. The molecule has 0 amide bonds. The predicted octanol–water partition coefficient (Wildman–Crippen LogP) is 15.7. The lowest BCUT2D eigenvalue weighted by Crippen LogP contribution is -2.14. The summed E-state index contributed by atoms with van der Waals surface area (Å²) in [6, 6.07) is 75.0. The van der Waals surface area contributed by atoms with E-state index in [1.807, 2.05) is 24.3 Å². The van der Waals surface area contributed by atoms with Crippen molar-refractivity contribution in [1.29, 1.82) is 0 Å². The van der Waals surface area contributed by atoms with Gasteiger partial charge in [0.1, 0.15) is 11.2 Å². The van der Waals surface area contributed by atoms with E-state index in [0.717, 1.165) is 72.0 Å². The maximum atomic E-state index is 6.57. The number of nitrogens with zero attached hydrogens (tertiary/aromatic N) is 3. The van der Waals surface area contributed by atoms with E-state index >= 15 is 0 Å². The van der Waals surface area contributed by atoms with Crippen LogP contribution >= 0.6 is 0 Å². The molecule has 0 fully saturated rings. The molecule has 0 radical (unpaired) electrons. The number of rotatable bonds is 7. The topological polar surface area (TPSA) is 51.8 Å². The van der Waals surface area contributed by atoms with E-state index in [1.54, 1.807) is 0 Å². The Bertz CT molecular complexity index is 3490. The molecule has 12 rings (SSSR count). The van der Waals surface area contributed by atoms with Gasteiger partial charge >= 0.3 is 0 Å². The highest BCUT2D eigenvalue weighted by Gasteiger charge is 2.35. The summed E-state index contributed by atoms with van der Waals surface area (Å²) in [7, 11) is 0. The molecule has 0 atom stereocenters. The summed E-state index contributed by atoms with van der Waals surface area (Å²) < 4.78 is 6.57. The number of aromatic nitrogens is 3. The van der Waals surface area contributed by atoms with E-state index in [9.17, 15) is 0 Å². The molecule has 0 aliphatic heterocycles. The molecule has 2 aromatic heterocycles. The maximum Gasteiger partial charge on any atom is 0.164 e. The highest BCUT2D eigenvalue weighted by Crippen LogP contribution is 2.49. The van der Waals surface area contributed by atoms with Crippen LogP contribution in [0.2, 0.25) is 0 Å². The van der Waals surface area contributed by atoms with Crippen molar-refractivity contribution in [2.75, 3.05) is 0 Å². The van der Waals surface area contributed by atoms with Gasteiger partial charge in [-0.3, -0.25) is 0 Å². The van der Waals surface area contributed by atoms with Crippen LogP contribution in [-0.4, -0.2) is 15.0 Å². The SMILES string of the molecule is CC1(C)c2ccccc2-c2cc(-c3cccc(-c4ccc5oc6cccc(-c7nc(-c8cccc(-c9ccccc9)c8)nc(-c8cccc(-c9ccccc9)c8)n7)c6c5c4)c3)ccc21. The minimum absolute atomic E-state index is 0.0285. The summed E-state index contributed by atoms with van der Waals surface area (Å²) in [4.78, 5) is 15.7. The molecule has 9 aromatic carbocycles. The molecular formula is C60H41N3O. The van der Waals surface area contributed by atoms with Crippen molar-refractivity contribution in [3.63, 3.8) is 0 Å². The van der Waals surface area contributed by atoms with E-state index in [0.29, 0.717) is 17.5 Å². The smallest absolute Gasteiger partial charge is 0.164 e. The Morgan fingerprint density at radius 3 is 1.42 bits per heavy atom. The van der Waals surface area contributed by atoms with E-state index in [1.165, 1.54) is 33.4 Å². The first-order chi connectivity index (χ1) is 31.4. The summed E-state index contributed by atoms with van der Waals surface area (Å²) in [5.74, 6) is 1.78. The van der Waals surface area contributed by atoms with Gasteiger partial charge in [0.2, 0.25) is 0 Å². The standard InChI is InChI=1S/C60H41N3O/c1-60(2)52-27-10-9-25-48(52)50-36-44(29-31-53(50)60)42-21-11-22-43(33-42)45-30-32-54-51(37-45)56-49(26-14-28-55(56)64-54)59-62-57(46-23-12-19-40(34-46)38-15-5-3-6-16-38)61-58(63-59)47-24-13-20-41(35-47)39-17-7-4-8-18-39/h3-37H,1-2H3. The molecular weight excluding hydrogens is 779 g/mol. The predicted molar refractivity (Wildman–Crippen MR) is 263 cm³/mol. The third kappa shape index (κ3) is 6.42. The lowest BCUT2D eigenvalue weighted by molar-refractivity contribution is 0.660. The average Bonchev–Trinajstić information content (AvgIpc) is 3.85. The summed E-state index contributed by atoms with van der Waals surface area (Å²) >= 11 is 0. The van der Waals surface area contributed by atoms with E-state index in [-0.39, 0.29) is 5.41 Å². The first-order valence-corrected chi connectivity index (χ1v) is 21.8. The summed E-state index contributed by atoms with van der Waals surface area (Å²) in [6.07, 6.45) is 0. The zero-order valence-corrected chi connectivity index (χ0v) is 35.5. The number of benzene rings is 9. The van der Waals surface area contributed by atoms with Crippen molar-refractivity contribution in [2.24, 2.45) is 0 Å². The molecule has 0 unspecified atom stereocenters. The fourth-order valence-electron chi connectivity index (χ4n) is 9.66. The van der Waals surface area contributed by atoms with Crippen LogP contribution in [0.4, 0.5) is 0 Å². The van der Waals surface area contributed by atoms with Crippen LogP contribution in [0.1, 0.15) is 25.0 Å². The van der Waals surface area contributed by atoms with Gasteiger partial charge in [0.15, 0.2) is 17.5 Å².